The molecule has 0 aliphatic carbocycles. The zero-order valence-electron chi connectivity index (χ0n) is 24.2. The third-order valence-corrected chi connectivity index (χ3v) is 5.64. The second-order valence-corrected chi connectivity index (χ2v) is 9.58. The summed E-state index contributed by atoms with van der Waals surface area (Å²) in [7, 11) is 0. The highest BCUT2D eigenvalue weighted by molar-refractivity contribution is 5.97. The Morgan fingerprint density at radius 1 is 0.773 bits per heavy atom. The van der Waals surface area contributed by atoms with E-state index in [1.165, 1.54) is 6.92 Å². The van der Waals surface area contributed by atoms with Gasteiger partial charge in [-0.1, -0.05) is 0 Å². The van der Waals surface area contributed by atoms with E-state index in [1.54, 1.807) is 0 Å². The fraction of sp³-hybridized carbons (Fsp3) is 0.609. The first-order chi connectivity index (χ1) is 20.3. The number of rotatable bonds is 20. The Morgan fingerprint density at radius 2 is 1.39 bits per heavy atom. The van der Waals surface area contributed by atoms with E-state index in [9.17, 15) is 43.5 Å². The van der Waals surface area contributed by atoms with Gasteiger partial charge in [0.2, 0.25) is 41.4 Å². The molecule has 21 nitrogen and oxygen atoms in total. The summed E-state index contributed by atoms with van der Waals surface area (Å²) < 4.78 is 0. The van der Waals surface area contributed by atoms with Gasteiger partial charge in [-0.25, -0.2) is 0 Å². The lowest BCUT2D eigenvalue weighted by molar-refractivity contribution is -0.140. The highest BCUT2D eigenvalue weighted by atomic mass is 16.4. The lowest BCUT2D eigenvalue weighted by atomic mass is 10.1. The van der Waals surface area contributed by atoms with E-state index in [4.69, 9.17) is 33.8 Å². The summed E-state index contributed by atoms with van der Waals surface area (Å²) in [5.74, 6) is -8.55. The van der Waals surface area contributed by atoms with Crippen LogP contribution in [-0.2, 0) is 38.4 Å². The molecule has 0 aromatic rings. The number of carboxylic acids is 1. The van der Waals surface area contributed by atoms with E-state index in [1.807, 2.05) is 0 Å². The number of guanidine groups is 1. The number of nitrogens with zero attached hydrogens (tertiary/aromatic N) is 1. The van der Waals surface area contributed by atoms with Crippen LogP contribution in [0.25, 0.3) is 0 Å². The van der Waals surface area contributed by atoms with Crippen molar-refractivity contribution in [2.24, 2.45) is 33.7 Å². The highest BCUT2D eigenvalue weighted by Gasteiger charge is 2.30. The molecule has 0 aliphatic heterocycles. The number of carbonyl (C=O) groups is 8. The second kappa shape index (κ2) is 19.2. The van der Waals surface area contributed by atoms with E-state index < -0.39 is 103 Å². The summed E-state index contributed by atoms with van der Waals surface area (Å²) in [5.41, 5.74) is 26.4. The SMILES string of the molecule is C[C@H](NC(=O)[C@H](CC(N)=O)NC(=O)CNC(=O)[C@@H](NC(=O)[C@@H](N)CCCN=C(N)N)[C@@H](C)O)C(=O)N[C@@H](CC(=O)O)C(N)=O. The number of nitrogens with one attached hydrogen (secondary N) is 5. The second-order valence-electron chi connectivity index (χ2n) is 9.58. The average Bonchev–Trinajstić information content (AvgIpc) is 2.90. The fourth-order valence-corrected chi connectivity index (χ4v) is 3.32. The molecule has 17 N–H and O–H groups in total. The number of carbonyl (C=O) groups excluding carboxylic acids is 7. The largest absolute Gasteiger partial charge is 0.481 e. The Hall–Kier alpha value is -5.05. The molecule has 0 aliphatic rings. The molecule has 0 radical (unpaired) electrons. The molecular formula is C23H41N11O10. The maximum Gasteiger partial charge on any atom is 0.305 e. The summed E-state index contributed by atoms with van der Waals surface area (Å²) in [5, 5.41) is 29.6. The van der Waals surface area contributed by atoms with Crippen LogP contribution < -0.4 is 55.3 Å². The van der Waals surface area contributed by atoms with Crippen molar-refractivity contribution in [1.29, 1.82) is 0 Å². The van der Waals surface area contributed by atoms with Gasteiger partial charge in [-0.15, -0.1) is 0 Å². The number of aliphatic hydroxyl groups is 1. The highest BCUT2D eigenvalue weighted by Crippen LogP contribution is 2.00. The van der Waals surface area contributed by atoms with Gasteiger partial charge >= 0.3 is 5.97 Å². The van der Waals surface area contributed by atoms with Crippen molar-refractivity contribution in [1.82, 2.24) is 26.6 Å². The molecule has 0 heterocycles. The molecule has 0 unspecified atom stereocenters. The molecule has 0 aromatic carbocycles. The number of carboxylic acid groups (broad SMARTS) is 1. The first-order valence-electron chi connectivity index (χ1n) is 13.1. The summed E-state index contributed by atoms with van der Waals surface area (Å²) in [6.45, 7) is 1.79. The topological polar surface area (TPSA) is 380 Å². The van der Waals surface area contributed by atoms with Crippen molar-refractivity contribution in [2.45, 2.75) is 75.8 Å². The number of hydrogen-bond donors (Lipinski definition) is 12. The molecule has 7 amide bonds. The first kappa shape index (κ1) is 38.9. The third-order valence-electron chi connectivity index (χ3n) is 5.64. The predicted molar refractivity (Wildman–Crippen MR) is 151 cm³/mol. The van der Waals surface area contributed by atoms with Crippen molar-refractivity contribution in [3.05, 3.63) is 0 Å². The van der Waals surface area contributed by atoms with E-state index in [2.05, 4.69) is 31.6 Å². The number of aliphatic hydroxyl groups excluding tert-OH is 1. The zero-order chi connectivity index (χ0) is 34.1. The number of primary amides is 2. The van der Waals surface area contributed by atoms with Crippen molar-refractivity contribution < 1.29 is 48.6 Å². The summed E-state index contributed by atoms with van der Waals surface area (Å²) in [4.78, 5) is 99.9. The van der Waals surface area contributed by atoms with Gasteiger partial charge in [-0.05, 0) is 26.7 Å². The van der Waals surface area contributed by atoms with Crippen LogP contribution in [0, 0.1) is 0 Å². The molecule has 21 heteroatoms. The van der Waals surface area contributed by atoms with Gasteiger partial charge in [-0.2, -0.15) is 0 Å². The molecule has 0 rings (SSSR count). The smallest absolute Gasteiger partial charge is 0.305 e. The van der Waals surface area contributed by atoms with E-state index in [0.717, 1.165) is 6.92 Å². The first-order valence-corrected chi connectivity index (χ1v) is 13.1. The Bertz CT molecular complexity index is 1110. The molecule has 248 valence electrons. The van der Waals surface area contributed by atoms with E-state index >= 15 is 0 Å². The van der Waals surface area contributed by atoms with Gasteiger partial charge in [0, 0.05) is 6.54 Å². The minimum Gasteiger partial charge on any atom is -0.481 e. The Labute approximate surface area is 251 Å². The Balaban J connectivity index is 5.18. The van der Waals surface area contributed by atoms with Gasteiger partial charge in [0.05, 0.1) is 31.5 Å². The number of hydrogen-bond acceptors (Lipinski definition) is 11. The van der Waals surface area contributed by atoms with Gasteiger partial charge in [-0.3, -0.25) is 43.3 Å². The molecule has 0 saturated heterocycles. The third kappa shape index (κ3) is 15.8. The molecule has 0 saturated carbocycles. The minimum absolute atomic E-state index is 0.133. The molecule has 44 heavy (non-hydrogen) atoms. The van der Waals surface area contributed by atoms with Crippen LogP contribution in [0.3, 0.4) is 0 Å². The van der Waals surface area contributed by atoms with E-state index in [-0.39, 0.29) is 18.9 Å². The average molecular weight is 632 g/mol. The number of aliphatic carboxylic acids is 1. The van der Waals surface area contributed by atoms with Gasteiger partial charge < -0.3 is 65.5 Å². The van der Waals surface area contributed by atoms with Gasteiger partial charge in [0.15, 0.2) is 5.96 Å². The Morgan fingerprint density at radius 3 is 1.89 bits per heavy atom. The van der Waals surface area contributed by atoms with Gasteiger partial charge in [0.1, 0.15) is 24.2 Å². The quantitative estimate of drug-likeness (QED) is 0.0338. The van der Waals surface area contributed by atoms with Crippen LogP contribution in [0.2, 0.25) is 0 Å². The van der Waals surface area contributed by atoms with Crippen molar-refractivity contribution in [3.8, 4) is 0 Å². The molecule has 0 fully saturated rings. The van der Waals surface area contributed by atoms with Crippen LogP contribution in [0.5, 0.6) is 0 Å². The molecule has 0 bridgehead atoms. The molecule has 0 spiro atoms. The summed E-state index contributed by atoms with van der Waals surface area (Å²) in [6, 6.07) is -7.18. The van der Waals surface area contributed by atoms with Crippen LogP contribution in [0.4, 0.5) is 0 Å². The summed E-state index contributed by atoms with van der Waals surface area (Å²) >= 11 is 0. The molecular weight excluding hydrogens is 590 g/mol. The molecule has 6 atom stereocenters. The maximum atomic E-state index is 12.7. The van der Waals surface area contributed by atoms with Crippen molar-refractivity contribution in [3.63, 3.8) is 0 Å². The summed E-state index contributed by atoms with van der Waals surface area (Å²) in [6.07, 6.45) is -2.46. The molecule has 0 aromatic heterocycles. The monoisotopic (exact) mass is 631 g/mol. The minimum atomic E-state index is -1.62. The van der Waals surface area contributed by atoms with Crippen LogP contribution in [-0.4, -0.2) is 113 Å². The zero-order valence-corrected chi connectivity index (χ0v) is 24.2. The standard InChI is InChI=1S/C23H41N11O10/c1-9(19(41)33-12(18(26)40)7-16(38)39)31-21(43)13(6-14(25)36)32-15(37)8-30-22(44)17(10(2)35)34-20(42)11(24)4-3-5-29-23(27)28/h9-13,17,35H,3-8,24H2,1-2H3,(H2,25,36)(H2,26,40)(H,30,44)(H,31,43)(H,32,37)(H,33,41)(H,34,42)(H,38,39)(H4,27,28,29)/t9-,10+,11-,12-,13-,17-/m0/s1. The normalized spacial score (nSPS) is 14.6. The Kier molecular flexibility index (Phi) is 17.0. The van der Waals surface area contributed by atoms with Crippen LogP contribution >= 0.6 is 0 Å². The van der Waals surface area contributed by atoms with Crippen LogP contribution in [0.1, 0.15) is 39.5 Å². The lowest BCUT2D eigenvalue weighted by Crippen LogP contribution is -2.58. The number of amides is 7. The van der Waals surface area contributed by atoms with Crippen molar-refractivity contribution >= 4 is 53.3 Å². The number of nitrogens with two attached hydrogens (primary N) is 5. The maximum absolute atomic E-state index is 12.7. The van der Waals surface area contributed by atoms with E-state index in [0.29, 0.717) is 6.42 Å². The van der Waals surface area contributed by atoms with Gasteiger partial charge in [0.25, 0.3) is 0 Å². The lowest BCUT2D eigenvalue weighted by Gasteiger charge is -2.23. The number of aliphatic imine (C=N–C) groups is 1. The predicted octanol–water partition coefficient (Wildman–Crippen LogP) is -7.34. The van der Waals surface area contributed by atoms with Crippen molar-refractivity contribution in [2.75, 3.05) is 13.1 Å². The fourth-order valence-electron chi connectivity index (χ4n) is 3.32. The van der Waals surface area contributed by atoms with Crippen LogP contribution in [0.15, 0.2) is 4.99 Å².